The molecule has 8 nitrogen and oxygen atoms in total. The molecule has 0 aromatic heterocycles. The average molecular weight is 555 g/mol. The van der Waals surface area contributed by atoms with Crippen LogP contribution < -0.4 is 10.6 Å². The molecule has 1 aliphatic carbocycles. The summed E-state index contributed by atoms with van der Waals surface area (Å²) in [4.78, 5) is 42.6. The summed E-state index contributed by atoms with van der Waals surface area (Å²) in [6.07, 6.45) is 4.14. The van der Waals surface area contributed by atoms with Crippen molar-refractivity contribution in [1.82, 2.24) is 20.4 Å². The summed E-state index contributed by atoms with van der Waals surface area (Å²) in [6.45, 7) is 17.8. The van der Waals surface area contributed by atoms with Gasteiger partial charge in [-0.15, -0.1) is 11.6 Å². The summed E-state index contributed by atoms with van der Waals surface area (Å²) in [5, 5.41) is 6.08. The van der Waals surface area contributed by atoms with Crippen LogP contribution in [0.1, 0.15) is 80.6 Å². The summed E-state index contributed by atoms with van der Waals surface area (Å²) in [7, 11) is 0. The quantitative estimate of drug-likeness (QED) is 0.459. The summed E-state index contributed by atoms with van der Waals surface area (Å²) in [5.41, 5.74) is -0.482. The van der Waals surface area contributed by atoms with E-state index >= 15 is 0 Å². The van der Waals surface area contributed by atoms with Crippen molar-refractivity contribution < 1.29 is 19.1 Å². The van der Waals surface area contributed by atoms with Crippen molar-refractivity contribution in [3.8, 4) is 0 Å². The van der Waals surface area contributed by atoms with Crippen LogP contribution in [0.25, 0.3) is 0 Å². The molecule has 1 saturated carbocycles. The van der Waals surface area contributed by atoms with Crippen LogP contribution in [0.3, 0.4) is 0 Å². The molecule has 7 unspecified atom stereocenters. The highest BCUT2D eigenvalue weighted by Gasteiger charge is 2.42. The Morgan fingerprint density at radius 1 is 1.13 bits per heavy atom. The van der Waals surface area contributed by atoms with E-state index in [-0.39, 0.29) is 59.0 Å². The molecule has 9 heteroatoms. The van der Waals surface area contributed by atoms with E-state index in [1.807, 2.05) is 32.6 Å². The van der Waals surface area contributed by atoms with Crippen LogP contribution in [0.5, 0.6) is 0 Å². The zero-order valence-corrected chi connectivity index (χ0v) is 25.4. The summed E-state index contributed by atoms with van der Waals surface area (Å²) in [6, 6.07) is 0.416. The first kappa shape index (κ1) is 31.0. The van der Waals surface area contributed by atoms with E-state index in [1.54, 1.807) is 0 Å². The lowest BCUT2D eigenvalue weighted by molar-refractivity contribution is -0.132. The number of carbonyl (C=O) groups is 3. The first-order valence-corrected chi connectivity index (χ1v) is 15.2. The van der Waals surface area contributed by atoms with Crippen molar-refractivity contribution in [3.63, 3.8) is 0 Å². The standard InChI is InChI=1S/C29H51ClN4O4/c1-8-33(17-21-9-11-34(12-10-21)28(37)38-29(5,6)7)25-15-22(30)14-23(20(25)4)26(35)31-16-24-18(2)13-19(3)32-27(24)36/h18-25H,8-17H2,1-7H3,(H,31,35)(H,32,36). The van der Waals surface area contributed by atoms with Gasteiger partial charge in [0.1, 0.15) is 5.60 Å². The fraction of sp³-hybridized carbons (Fsp3) is 0.897. The van der Waals surface area contributed by atoms with Gasteiger partial charge in [0.2, 0.25) is 11.8 Å². The van der Waals surface area contributed by atoms with Gasteiger partial charge in [-0.1, -0.05) is 20.8 Å². The van der Waals surface area contributed by atoms with E-state index in [1.165, 1.54) is 0 Å². The number of amides is 3. The Labute approximate surface area is 234 Å². The monoisotopic (exact) mass is 554 g/mol. The fourth-order valence-electron chi connectivity index (χ4n) is 6.64. The molecule has 3 rings (SSSR count). The molecule has 0 spiro atoms. The molecule has 3 aliphatic rings. The van der Waals surface area contributed by atoms with Crippen molar-refractivity contribution in [2.24, 2.45) is 29.6 Å². The van der Waals surface area contributed by atoms with E-state index < -0.39 is 5.60 Å². The summed E-state index contributed by atoms with van der Waals surface area (Å²) < 4.78 is 5.55. The van der Waals surface area contributed by atoms with Gasteiger partial charge in [-0.05, 0) is 84.1 Å². The molecule has 2 heterocycles. The third-order valence-electron chi connectivity index (χ3n) is 8.85. The number of nitrogens with zero attached hydrogens (tertiary/aromatic N) is 2. The Kier molecular flexibility index (Phi) is 10.8. The maximum absolute atomic E-state index is 13.4. The molecule has 0 radical (unpaired) electrons. The molecule has 38 heavy (non-hydrogen) atoms. The Hall–Kier alpha value is -1.54. The minimum absolute atomic E-state index is 0.0215. The number of hydrogen-bond donors (Lipinski definition) is 2. The van der Waals surface area contributed by atoms with Crippen molar-refractivity contribution in [2.75, 3.05) is 32.7 Å². The van der Waals surface area contributed by atoms with Crippen LogP contribution in [-0.2, 0) is 14.3 Å². The third-order valence-corrected chi connectivity index (χ3v) is 9.21. The lowest BCUT2D eigenvalue weighted by Gasteiger charge is -2.45. The molecule has 2 aliphatic heterocycles. The van der Waals surface area contributed by atoms with Gasteiger partial charge in [-0.25, -0.2) is 4.79 Å². The van der Waals surface area contributed by atoms with Crippen molar-refractivity contribution >= 4 is 29.5 Å². The molecular formula is C29H51ClN4O4. The van der Waals surface area contributed by atoms with Crippen LogP contribution in [0.2, 0.25) is 0 Å². The number of rotatable bonds is 7. The van der Waals surface area contributed by atoms with Gasteiger partial charge in [0.05, 0.1) is 5.92 Å². The number of halogens is 1. The summed E-state index contributed by atoms with van der Waals surface area (Å²) >= 11 is 6.75. The van der Waals surface area contributed by atoms with Crippen LogP contribution in [0, 0.1) is 29.6 Å². The normalized spacial score (nSPS) is 33.1. The Bertz CT molecular complexity index is 826. The molecule has 2 N–H and O–H groups in total. The predicted molar refractivity (Wildman–Crippen MR) is 151 cm³/mol. The lowest BCUT2D eigenvalue weighted by atomic mass is 9.75. The van der Waals surface area contributed by atoms with Gasteiger partial charge in [-0.3, -0.25) is 9.59 Å². The number of hydrogen-bond acceptors (Lipinski definition) is 5. The van der Waals surface area contributed by atoms with Gasteiger partial charge >= 0.3 is 6.09 Å². The predicted octanol–water partition coefficient (Wildman–Crippen LogP) is 4.25. The molecule has 2 saturated heterocycles. The van der Waals surface area contributed by atoms with Crippen LogP contribution in [0.4, 0.5) is 4.79 Å². The number of piperidine rings is 2. The second kappa shape index (κ2) is 13.2. The fourth-order valence-corrected chi connectivity index (χ4v) is 7.01. The molecule has 0 bridgehead atoms. The van der Waals surface area contributed by atoms with Crippen molar-refractivity contribution in [2.45, 2.75) is 104 Å². The first-order chi connectivity index (χ1) is 17.8. The number of likely N-dealkylation sites (tertiary alicyclic amines) is 1. The minimum atomic E-state index is -0.482. The number of carbonyl (C=O) groups excluding carboxylic acids is 3. The number of nitrogens with one attached hydrogen (secondary N) is 2. The van der Waals surface area contributed by atoms with E-state index in [0.29, 0.717) is 32.0 Å². The zero-order chi connectivity index (χ0) is 28.2. The van der Waals surface area contributed by atoms with E-state index in [4.69, 9.17) is 16.3 Å². The van der Waals surface area contributed by atoms with E-state index in [0.717, 1.165) is 38.8 Å². The van der Waals surface area contributed by atoms with Crippen LogP contribution in [-0.4, -0.2) is 83.5 Å². The Morgan fingerprint density at radius 3 is 2.37 bits per heavy atom. The van der Waals surface area contributed by atoms with Gasteiger partial charge < -0.3 is 25.2 Å². The Morgan fingerprint density at radius 2 is 1.79 bits per heavy atom. The molecule has 0 aromatic carbocycles. The van der Waals surface area contributed by atoms with Crippen molar-refractivity contribution in [1.29, 1.82) is 0 Å². The highest BCUT2D eigenvalue weighted by Crippen LogP contribution is 2.37. The highest BCUT2D eigenvalue weighted by atomic mass is 35.5. The third kappa shape index (κ3) is 8.23. The number of alkyl halides is 1. The Balaban J connectivity index is 1.55. The molecule has 3 fully saturated rings. The number of ether oxygens (including phenoxy) is 1. The minimum Gasteiger partial charge on any atom is -0.444 e. The molecule has 0 aromatic rings. The van der Waals surface area contributed by atoms with Gasteiger partial charge in [0.25, 0.3) is 0 Å². The zero-order valence-electron chi connectivity index (χ0n) is 24.6. The van der Waals surface area contributed by atoms with E-state index in [2.05, 4.69) is 36.3 Å². The van der Waals surface area contributed by atoms with Gasteiger partial charge in [-0.2, -0.15) is 0 Å². The lowest BCUT2D eigenvalue weighted by Crippen LogP contribution is -2.54. The molecule has 218 valence electrons. The molecular weight excluding hydrogens is 504 g/mol. The SMILES string of the molecule is CCN(CC1CCN(C(=O)OC(C)(C)C)CC1)C1CC(Cl)CC(C(=O)NCC2C(=O)NC(C)CC2C)C1C. The van der Waals surface area contributed by atoms with Crippen LogP contribution in [0.15, 0.2) is 0 Å². The second-order valence-electron chi connectivity index (χ2n) is 13.1. The van der Waals surface area contributed by atoms with Crippen molar-refractivity contribution in [3.05, 3.63) is 0 Å². The largest absolute Gasteiger partial charge is 0.444 e. The summed E-state index contributed by atoms with van der Waals surface area (Å²) in [5.74, 6) is 0.621. The van der Waals surface area contributed by atoms with E-state index in [9.17, 15) is 14.4 Å². The first-order valence-electron chi connectivity index (χ1n) is 14.7. The maximum atomic E-state index is 13.4. The average Bonchev–Trinajstić information content (AvgIpc) is 2.82. The second-order valence-corrected chi connectivity index (χ2v) is 13.7. The maximum Gasteiger partial charge on any atom is 0.410 e. The van der Waals surface area contributed by atoms with Crippen LogP contribution >= 0.6 is 11.6 Å². The highest BCUT2D eigenvalue weighted by molar-refractivity contribution is 6.20. The smallest absolute Gasteiger partial charge is 0.410 e. The van der Waals surface area contributed by atoms with Gasteiger partial charge in [0, 0.05) is 49.6 Å². The molecule has 3 amide bonds. The molecule has 7 atom stereocenters. The van der Waals surface area contributed by atoms with Gasteiger partial charge in [0.15, 0.2) is 0 Å². The topological polar surface area (TPSA) is 91.0 Å².